The Hall–Kier alpha value is -2.22. The van der Waals surface area contributed by atoms with Gasteiger partial charge in [-0.1, -0.05) is 12.1 Å². The number of fused-ring (bicyclic) bond motifs is 2. The van der Waals surface area contributed by atoms with E-state index in [1.165, 1.54) is 21.5 Å². The van der Waals surface area contributed by atoms with Crippen LogP contribution in [0.4, 0.5) is 0 Å². The first kappa shape index (κ1) is 10.9. The van der Waals surface area contributed by atoms with E-state index in [2.05, 4.69) is 36.4 Å². The Morgan fingerprint density at radius 1 is 0.556 bits per heavy atom. The summed E-state index contributed by atoms with van der Waals surface area (Å²) in [6, 6.07) is 16.6. The van der Waals surface area contributed by atoms with Crippen molar-refractivity contribution >= 4 is 21.5 Å². The summed E-state index contributed by atoms with van der Waals surface area (Å²) < 4.78 is 10.5. The molecule has 0 atom stereocenters. The fourth-order valence-corrected chi connectivity index (χ4v) is 2.21. The molecule has 0 unspecified atom stereocenters. The van der Waals surface area contributed by atoms with E-state index >= 15 is 0 Å². The molecule has 0 N–H and O–H groups in total. The lowest BCUT2D eigenvalue weighted by molar-refractivity contribution is 0.415. The van der Waals surface area contributed by atoms with Gasteiger partial charge in [0.1, 0.15) is 11.5 Å². The Balaban J connectivity index is 2.28. The monoisotopic (exact) mass is 238 g/mol. The molecule has 0 aliphatic heterocycles. The summed E-state index contributed by atoms with van der Waals surface area (Å²) in [5, 5.41) is 4.78. The maximum absolute atomic E-state index is 5.25. The first-order valence-electron chi connectivity index (χ1n) is 5.86. The van der Waals surface area contributed by atoms with Crippen LogP contribution in [0.5, 0.6) is 11.5 Å². The molecule has 0 spiro atoms. The maximum atomic E-state index is 5.25. The number of ether oxygens (including phenoxy) is 2. The summed E-state index contributed by atoms with van der Waals surface area (Å²) in [6.45, 7) is 0. The highest BCUT2D eigenvalue weighted by molar-refractivity contribution is 5.99. The highest BCUT2D eigenvalue weighted by Gasteiger charge is 2.01. The van der Waals surface area contributed by atoms with E-state index in [0.717, 1.165) is 11.5 Å². The molecular formula is C16H14O2. The van der Waals surface area contributed by atoms with Crippen molar-refractivity contribution in [3.05, 3.63) is 48.5 Å². The molecule has 0 saturated carbocycles. The van der Waals surface area contributed by atoms with E-state index in [-0.39, 0.29) is 0 Å². The van der Waals surface area contributed by atoms with Crippen LogP contribution in [0.2, 0.25) is 0 Å². The Morgan fingerprint density at radius 2 is 1.00 bits per heavy atom. The summed E-state index contributed by atoms with van der Waals surface area (Å²) >= 11 is 0. The third-order valence-corrected chi connectivity index (χ3v) is 3.21. The maximum Gasteiger partial charge on any atom is 0.119 e. The predicted molar refractivity (Wildman–Crippen MR) is 74.6 cm³/mol. The summed E-state index contributed by atoms with van der Waals surface area (Å²) in [7, 11) is 3.38. The van der Waals surface area contributed by atoms with Gasteiger partial charge in [-0.25, -0.2) is 0 Å². The largest absolute Gasteiger partial charge is 0.497 e. The van der Waals surface area contributed by atoms with Crippen molar-refractivity contribution in [1.82, 2.24) is 0 Å². The van der Waals surface area contributed by atoms with Gasteiger partial charge in [0.25, 0.3) is 0 Å². The van der Waals surface area contributed by atoms with Crippen LogP contribution in [-0.4, -0.2) is 14.2 Å². The molecule has 0 bridgehead atoms. The van der Waals surface area contributed by atoms with Gasteiger partial charge in [0, 0.05) is 0 Å². The minimum atomic E-state index is 0.885. The summed E-state index contributed by atoms with van der Waals surface area (Å²) in [4.78, 5) is 0. The van der Waals surface area contributed by atoms with Crippen LogP contribution in [0.3, 0.4) is 0 Å². The van der Waals surface area contributed by atoms with Crippen molar-refractivity contribution in [3.63, 3.8) is 0 Å². The number of rotatable bonds is 2. The lowest BCUT2D eigenvalue weighted by atomic mass is 10.0. The zero-order valence-electron chi connectivity index (χ0n) is 10.4. The highest BCUT2D eigenvalue weighted by Crippen LogP contribution is 2.28. The van der Waals surface area contributed by atoms with Gasteiger partial charge in [-0.3, -0.25) is 0 Å². The zero-order valence-corrected chi connectivity index (χ0v) is 10.4. The minimum Gasteiger partial charge on any atom is -0.497 e. The van der Waals surface area contributed by atoms with Crippen LogP contribution in [0.15, 0.2) is 48.5 Å². The van der Waals surface area contributed by atoms with Crippen molar-refractivity contribution in [3.8, 4) is 11.5 Å². The molecule has 0 heterocycles. The summed E-state index contributed by atoms with van der Waals surface area (Å²) in [5.74, 6) is 1.77. The first-order chi connectivity index (χ1) is 8.80. The van der Waals surface area contributed by atoms with Crippen molar-refractivity contribution in [2.75, 3.05) is 14.2 Å². The van der Waals surface area contributed by atoms with Gasteiger partial charge in [0.15, 0.2) is 0 Å². The third-order valence-electron chi connectivity index (χ3n) is 3.21. The van der Waals surface area contributed by atoms with Gasteiger partial charge >= 0.3 is 0 Å². The SMILES string of the molecule is COc1ccc2cc3cc(OC)ccc3cc2c1. The molecule has 2 heteroatoms. The Kier molecular flexibility index (Phi) is 2.56. The molecule has 0 fully saturated rings. The molecule has 0 aliphatic carbocycles. The van der Waals surface area contributed by atoms with Crippen LogP contribution in [0, 0.1) is 0 Å². The molecule has 3 aromatic rings. The van der Waals surface area contributed by atoms with Gasteiger partial charge < -0.3 is 9.47 Å². The van der Waals surface area contributed by atoms with E-state index in [4.69, 9.17) is 9.47 Å². The smallest absolute Gasteiger partial charge is 0.119 e. The Morgan fingerprint density at radius 3 is 1.39 bits per heavy atom. The second-order valence-corrected chi connectivity index (χ2v) is 4.28. The average Bonchev–Trinajstić information content (AvgIpc) is 2.43. The van der Waals surface area contributed by atoms with E-state index in [0.29, 0.717) is 0 Å². The lowest BCUT2D eigenvalue weighted by Gasteiger charge is -2.06. The molecule has 90 valence electrons. The molecule has 18 heavy (non-hydrogen) atoms. The van der Waals surface area contributed by atoms with Crippen LogP contribution in [0.25, 0.3) is 21.5 Å². The highest BCUT2D eigenvalue weighted by atomic mass is 16.5. The van der Waals surface area contributed by atoms with Gasteiger partial charge in [0.2, 0.25) is 0 Å². The standard InChI is InChI=1S/C16H14O2/c1-17-15-5-3-11-8-14-10-16(18-2)6-4-12(14)7-13(11)9-15/h3-10H,1-2H3. The molecular weight excluding hydrogens is 224 g/mol. The fraction of sp³-hybridized carbons (Fsp3) is 0.125. The van der Waals surface area contributed by atoms with Crippen LogP contribution < -0.4 is 9.47 Å². The van der Waals surface area contributed by atoms with Crippen LogP contribution in [-0.2, 0) is 0 Å². The first-order valence-corrected chi connectivity index (χ1v) is 5.86. The van der Waals surface area contributed by atoms with Crippen molar-refractivity contribution in [2.24, 2.45) is 0 Å². The summed E-state index contributed by atoms with van der Waals surface area (Å²) in [5.41, 5.74) is 0. The molecule has 0 saturated heterocycles. The van der Waals surface area contributed by atoms with Gasteiger partial charge in [-0.15, -0.1) is 0 Å². The topological polar surface area (TPSA) is 18.5 Å². The second-order valence-electron chi connectivity index (χ2n) is 4.28. The molecule has 0 aliphatic rings. The van der Waals surface area contributed by atoms with Gasteiger partial charge in [-0.2, -0.15) is 0 Å². The second kappa shape index (κ2) is 4.22. The Labute approximate surface area is 106 Å². The van der Waals surface area contributed by atoms with E-state index in [9.17, 15) is 0 Å². The molecule has 3 rings (SSSR count). The minimum absolute atomic E-state index is 0.885. The molecule has 3 aromatic carbocycles. The quantitative estimate of drug-likeness (QED) is 0.628. The number of benzene rings is 3. The number of hydrogen-bond donors (Lipinski definition) is 0. The zero-order chi connectivity index (χ0) is 12.5. The molecule has 0 radical (unpaired) electrons. The van der Waals surface area contributed by atoms with Crippen molar-refractivity contribution in [1.29, 1.82) is 0 Å². The van der Waals surface area contributed by atoms with Crippen molar-refractivity contribution < 1.29 is 9.47 Å². The van der Waals surface area contributed by atoms with Gasteiger partial charge in [-0.05, 0) is 57.9 Å². The lowest BCUT2D eigenvalue weighted by Crippen LogP contribution is -1.84. The third kappa shape index (κ3) is 1.76. The van der Waals surface area contributed by atoms with E-state index in [1.807, 2.05) is 12.1 Å². The average molecular weight is 238 g/mol. The predicted octanol–water partition coefficient (Wildman–Crippen LogP) is 4.01. The Bertz CT molecular complexity index is 653. The normalized spacial score (nSPS) is 10.8. The number of hydrogen-bond acceptors (Lipinski definition) is 2. The van der Waals surface area contributed by atoms with Gasteiger partial charge in [0.05, 0.1) is 14.2 Å². The van der Waals surface area contributed by atoms with Crippen molar-refractivity contribution in [2.45, 2.75) is 0 Å². The van der Waals surface area contributed by atoms with Crippen LogP contribution in [0.1, 0.15) is 0 Å². The number of methoxy groups -OCH3 is 2. The molecule has 0 amide bonds. The molecule has 2 nitrogen and oxygen atoms in total. The van der Waals surface area contributed by atoms with Crippen LogP contribution >= 0.6 is 0 Å². The summed E-state index contributed by atoms with van der Waals surface area (Å²) in [6.07, 6.45) is 0. The van der Waals surface area contributed by atoms with E-state index in [1.54, 1.807) is 14.2 Å². The van der Waals surface area contributed by atoms with E-state index < -0.39 is 0 Å². The molecule has 0 aromatic heterocycles. The fourth-order valence-electron chi connectivity index (χ4n) is 2.21.